The highest BCUT2D eigenvalue weighted by atomic mass is 35.5. The average molecular weight is 832 g/mol. The Kier molecular flexibility index (Phi) is 9.94. The number of hydrogen-bond donors (Lipinski definition) is 1. The minimum Gasteiger partial charge on any atom is -0.489 e. The summed E-state index contributed by atoms with van der Waals surface area (Å²) in [5.41, 5.74) is 4.25. The van der Waals surface area contributed by atoms with Gasteiger partial charge in [-0.2, -0.15) is 5.26 Å². The lowest BCUT2D eigenvalue weighted by atomic mass is 9.49. The van der Waals surface area contributed by atoms with Crippen molar-refractivity contribution < 1.29 is 28.7 Å². The van der Waals surface area contributed by atoms with Gasteiger partial charge in [-0.05, 0) is 79.3 Å². The molecule has 5 amide bonds. The Morgan fingerprint density at radius 1 is 0.767 bits per heavy atom. The number of nitrogens with one attached hydrogen (secondary N) is 1. The molecule has 4 fully saturated rings. The second kappa shape index (κ2) is 14.9. The number of nitriles is 1. The van der Waals surface area contributed by atoms with Crippen LogP contribution in [-0.4, -0.2) is 108 Å². The number of fused-ring (bicyclic) bond motifs is 2. The van der Waals surface area contributed by atoms with Crippen LogP contribution in [0.2, 0.25) is 5.02 Å². The lowest BCUT2D eigenvalue weighted by molar-refractivity contribution is -0.199. The van der Waals surface area contributed by atoms with Crippen molar-refractivity contribution in [3.63, 3.8) is 0 Å². The monoisotopic (exact) mass is 831 g/mol. The predicted octanol–water partition coefficient (Wildman–Crippen LogP) is 5.49. The summed E-state index contributed by atoms with van der Waals surface area (Å²) in [5.74, 6) is -0.706. The van der Waals surface area contributed by atoms with E-state index in [1.54, 1.807) is 30.3 Å². The van der Waals surface area contributed by atoms with E-state index in [1.165, 1.54) is 0 Å². The van der Waals surface area contributed by atoms with E-state index in [1.807, 2.05) is 17.0 Å². The van der Waals surface area contributed by atoms with Crippen molar-refractivity contribution in [1.29, 1.82) is 5.26 Å². The van der Waals surface area contributed by atoms with Crippen molar-refractivity contribution in [1.82, 2.24) is 20.0 Å². The van der Waals surface area contributed by atoms with Gasteiger partial charge < -0.3 is 19.4 Å². The third-order valence-corrected chi connectivity index (χ3v) is 14.3. The Bertz CT molecular complexity index is 2340. The number of amides is 5. The minimum absolute atomic E-state index is 0.0362. The lowest BCUT2D eigenvalue weighted by Gasteiger charge is -2.65. The van der Waals surface area contributed by atoms with E-state index in [9.17, 15) is 29.2 Å². The molecule has 1 atom stereocenters. The maximum atomic E-state index is 13.9. The Morgan fingerprint density at radius 2 is 1.42 bits per heavy atom. The molecule has 0 aromatic heterocycles. The molecule has 1 unspecified atom stereocenters. The van der Waals surface area contributed by atoms with E-state index in [2.05, 4.69) is 65.9 Å². The third kappa shape index (κ3) is 6.68. The van der Waals surface area contributed by atoms with Gasteiger partial charge in [-0.25, -0.2) is 0 Å². The van der Waals surface area contributed by atoms with Crippen LogP contribution >= 0.6 is 11.6 Å². The van der Waals surface area contributed by atoms with Gasteiger partial charge >= 0.3 is 0 Å². The van der Waals surface area contributed by atoms with Crippen LogP contribution in [-0.2, 0) is 16.1 Å². The molecule has 0 bridgehead atoms. The molecule has 6 aliphatic rings. The smallest absolute Gasteiger partial charge is 0.262 e. The molecule has 5 aliphatic heterocycles. The fourth-order valence-electron chi connectivity index (χ4n) is 11.3. The van der Waals surface area contributed by atoms with Gasteiger partial charge in [-0.1, -0.05) is 39.3 Å². The van der Waals surface area contributed by atoms with Crippen LogP contribution < -0.4 is 19.9 Å². The Morgan fingerprint density at radius 3 is 2.08 bits per heavy atom. The molecule has 14 heteroatoms. The summed E-state index contributed by atoms with van der Waals surface area (Å²) in [6.07, 6.45) is 2.23. The number of hydrogen-bond acceptors (Lipinski definition) is 10. The van der Waals surface area contributed by atoms with Crippen molar-refractivity contribution in [2.75, 3.05) is 55.6 Å². The molecular formula is C46H50ClN7O6. The predicted molar refractivity (Wildman–Crippen MR) is 225 cm³/mol. The summed E-state index contributed by atoms with van der Waals surface area (Å²) in [6, 6.07) is 17.9. The van der Waals surface area contributed by atoms with E-state index in [0.29, 0.717) is 39.9 Å². The standard InChI is InChI=1S/C46H50ClN7O6/c1-45(2)43(46(3,4)44(45)60-32-8-5-28(24-48)36(47)23-32)53-26-29-21-30(6-9-33(29)40(53)57)51-15-13-27(14-16-51)25-50-17-19-52(20-18-50)31-7-10-34-35(22-31)42(59)54(41(34)58)37-11-12-38(55)49-39(37)56/h5-10,21-23,27,37,43-44H,11-20,25-26H2,1-4H3,(H,49,55,56). The molecule has 3 aromatic rings. The van der Waals surface area contributed by atoms with Crippen molar-refractivity contribution in [3.05, 3.63) is 87.4 Å². The molecule has 60 heavy (non-hydrogen) atoms. The fourth-order valence-corrected chi connectivity index (χ4v) is 11.5. The van der Waals surface area contributed by atoms with Gasteiger partial charge in [0.05, 0.1) is 21.7 Å². The molecule has 0 spiro atoms. The van der Waals surface area contributed by atoms with Crippen LogP contribution in [0.25, 0.3) is 0 Å². The summed E-state index contributed by atoms with van der Waals surface area (Å²) in [5, 5.41) is 11.9. The van der Waals surface area contributed by atoms with E-state index >= 15 is 0 Å². The molecule has 312 valence electrons. The lowest BCUT2D eigenvalue weighted by Crippen LogP contribution is -2.74. The number of carbonyl (C=O) groups is 5. The summed E-state index contributed by atoms with van der Waals surface area (Å²) in [7, 11) is 0. The van der Waals surface area contributed by atoms with Crippen molar-refractivity contribution in [3.8, 4) is 11.8 Å². The first-order chi connectivity index (χ1) is 28.6. The van der Waals surface area contributed by atoms with Crippen molar-refractivity contribution >= 4 is 52.5 Å². The number of piperazine rings is 1. The van der Waals surface area contributed by atoms with Gasteiger partial charge in [0.15, 0.2) is 0 Å². The zero-order valence-corrected chi connectivity index (χ0v) is 35.3. The Labute approximate surface area is 355 Å². The minimum atomic E-state index is -0.975. The maximum absolute atomic E-state index is 13.9. The van der Waals surface area contributed by atoms with Crippen LogP contribution in [0, 0.1) is 28.1 Å². The number of rotatable bonds is 8. The largest absolute Gasteiger partial charge is 0.489 e. The normalized spacial score (nSPS) is 25.2. The zero-order chi connectivity index (χ0) is 42.2. The van der Waals surface area contributed by atoms with Gasteiger partial charge in [0.2, 0.25) is 11.8 Å². The Hall–Kier alpha value is -5.45. The van der Waals surface area contributed by atoms with Gasteiger partial charge in [0.1, 0.15) is 24.0 Å². The number of nitrogens with zero attached hydrogens (tertiary/aromatic N) is 6. The van der Waals surface area contributed by atoms with E-state index in [4.69, 9.17) is 16.3 Å². The van der Waals surface area contributed by atoms with Crippen LogP contribution in [0.1, 0.15) is 95.6 Å². The number of imide groups is 2. The molecular weight excluding hydrogens is 782 g/mol. The highest BCUT2D eigenvalue weighted by Gasteiger charge is 2.67. The molecule has 3 saturated heterocycles. The third-order valence-electron chi connectivity index (χ3n) is 14.0. The molecule has 1 N–H and O–H groups in total. The number of anilines is 2. The first kappa shape index (κ1) is 40.0. The van der Waals surface area contributed by atoms with E-state index < -0.39 is 29.7 Å². The highest BCUT2D eigenvalue weighted by molar-refractivity contribution is 6.31. The first-order valence-corrected chi connectivity index (χ1v) is 21.4. The fraction of sp³-hybridized carbons (Fsp3) is 0.478. The second-order valence-electron chi connectivity index (χ2n) is 18.5. The second-order valence-corrected chi connectivity index (χ2v) is 18.9. The zero-order valence-electron chi connectivity index (χ0n) is 34.5. The molecule has 5 heterocycles. The quantitative estimate of drug-likeness (QED) is 0.290. The van der Waals surface area contributed by atoms with Crippen molar-refractivity contribution in [2.45, 2.75) is 78.1 Å². The number of carbonyl (C=O) groups excluding carboxylic acids is 5. The van der Waals surface area contributed by atoms with Crippen LogP contribution in [0.3, 0.4) is 0 Å². The van der Waals surface area contributed by atoms with Gasteiger partial charge in [0, 0.05) is 98.7 Å². The summed E-state index contributed by atoms with van der Waals surface area (Å²) >= 11 is 6.31. The summed E-state index contributed by atoms with van der Waals surface area (Å²) in [4.78, 5) is 74.8. The van der Waals surface area contributed by atoms with Gasteiger partial charge in [0.25, 0.3) is 17.7 Å². The highest BCUT2D eigenvalue weighted by Crippen LogP contribution is 2.59. The summed E-state index contributed by atoms with van der Waals surface area (Å²) < 4.78 is 6.50. The topological polar surface area (TPSA) is 147 Å². The molecule has 1 aliphatic carbocycles. The number of halogens is 1. The first-order valence-electron chi connectivity index (χ1n) is 21.0. The number of ether oxygens (including phenoxy) is 1. The van der Waals surface area contributed by atoms with Gasteiger partial charge in [-0.15, -0.1) is 0 Å². The van der Waals surface area contributed by atoms with Gasteiger partial charge in [-0.3, -0.25) is 39.1 Å². The maximum Gasteiger partial charge on any atom is 0.262 e. The number of benzene rings is 3. The average Bonchev–Trinajstić information content (AvgIpc) is 3.67. The molecule has 1 saturated carbocycles. The summed E-state index contributed by atoms with van der Waals surface area (Å²) in [6.45, 7) is 15.6. The SMILES string of the molecule is CC1(C)C(Oc2ccc(C#N)c(Cl)c2)C(C)(C)C1N1Cc2cc(N3CCC(CN4CCN(c5ccc6c(c5)C(=O)N(C5CCC(=O)NC5=O)C6=O)CC4)CC3)ccc2C1=O. The van der Waals surface area contributed by atoms with Crippen molar-refractivity contribution in [2.24, 2.45) is 16.7 Å². The van der Waals surface area contributed by atoms with E-state index in [-0.39, 0.29) is 41.7 Å². The molecule has 9 rings (SSSR count). The molecule has 0 radical (unpaired) electrons. The molecule has 3 aromatic carbocycles. The number of piperidine rings is 2. The van der Waals surface area contributed by atoms with Crippen LogP contribution in [0.15, 0.2) is 54.6 Å². The van der Waals surface area contributed by atoms with E-state index in [0.717, 1.165) is 86.1 Å². The van der Waals surface area contributed by atoms with Crippen LogP contribution in [0.4, 0.5) is 11.4 Å². The Balaban J connectivity index is 0.766. The van der Waals surface area contributed by atoms with Crippen LogP contribution in [0.5, 0.6) is 5.75 Å². The molecule has 13 nitrogen and oxygen atoms in total.